The first-order valence-corrected chi connectivity index (χ1v) is 4.59. The summed E-state index contributed by atoms with van der Waals surface area (Å²) in [6, 6.07) is 4.55. The summed E-state index contributed by atoms with van der Waals surface area (Å²) >= 11 is 3.21. The van der Waals surface area contributed by atoms with Crippen molar-refractivity contribution in [2.45, 2.75) is 0 Å². The molecule has 3 nitrogen and oxygen atoms in total. The molecule has 0 aliphatic heterocycles. The van der Waals surface area contributed by atoms with Crippen LogP contribution in [-0.4, -0.2) is 15.5 Å². The van der Waals surface area contributed by atoms with Gasteiger partial charge in [0.25, 0.3) is 0 Å². The Hall–Kier alpha value is -1.36. The average molecular weight is 258 g/mol. The van der Waals surface area contributed by atoms with Crippen LogP contribution in [0.15, 0.2) is 28.9 Å². The molecule has 0 saturated carbocycles. The van der Waals surface area contributed by atoms with E-state index in [0.29, 0.717) is 9.99 Å². The van der Waals surface area contributed by atoms with Crippen molar-refractivity contribution >= 4 is 27.4 Å². The summed E-state index contributed by atoms with van der Waals surface area (Å²) in [7, 11) is 0. The summed E-state index contributed by atoms with van der Waals surface area (Å²) in [5.41, 5.74) is 0.156. The Labute approximate surface area is 86.9 Å². The van der Waals surface area contributed by atoms with Crippen LogP contribution in [0.3, 0.4) is 0 Å². The maximum Gasteiger partial charge on any atom is 0.355 e. The van der Waals surface area contributed by atoms with E-state index in [1.54, 1.807) is 12.1 Å². The monoisotopic (exact) mass is 257 g/mol. The molecule has 2 rings (SSSR count). The van der Waals surface area contributed by atoms with E-state index in [4.69, 9.17) is 5.11 Å². The second kappa shape index (κ2) is 3.09. The van der Waals surface area contributed by atoms with E-state index in [0.717, 1.165) is 0 Å². The Morgan fingerprint density at radius 2 is 2.29 bits per heavy atom. The Balaban J connectivity index is 2.90. The Bertz CT molecular complexity index is 521. The predicted molar refractivity (Wildman–Crippen MR) is 52.0 cm³/mol. The Morgan fingerprint density at radius 3 is 2.93 bits per heavy atom. The lowest BCUT2D eigenvalue weighted by Gasteiger charge is -1.98. The van der Waals surface area contributed by atoms with Gasteiger partial charge in [-0.2, -0.15) is 0 Å². The highest BCUT2D eigenvalue weighted by Crippen LogP contribution is 2.22. The smallest absolute Gasteiger partial charge is 0.355 e. The van der Waals surface area contributed by atoms with Crippen molar-refractivity contribution < 1.29 is 14.3 Å². The van der Waals surface area contributed by atoms with E-state index < -0.39 is 11.8 Å². The number of nitrogens with zero attached hydrogens (tertiary/aromatic N) is 1. The summed E-state index contributed by atoms with van der Waals surface area (Å²) in [6.45, 7) is 0. The zero-order chi connectivity index (χ0) is 10.3. The third-order valence-corrected chi connectivity index (χ3v) is 2.59. The molecule has 0 aromatic carbocycles. The number of aromatic carboxylic acids is 1. The van der Waals surface area contributed by atoms with E-state index in [1.807, 2.05) is 0 Å². The minimum absolute atomic E-state index is 0.346. The van der Waals surface area contributed by atoms with Gasteiger partial charge in [-0.1, -0.05) is 0 Å². The number of carboxylic acid groups (broad SMARTS) is 1. The van der Waals surface area contributed by atoms with Crippen molar-refractivity contribution in [1.82, 2.24) is 4.40 Å². The highest BCUT2D eigenvalue weighted by molar-refractivity contribution is 9.10. The second-order valence-electron chi connectivity index (χ2n) is 2.76. The third kappa shape index (κ3) is 1.21. The maximum atomic E-state index is 13.2. The number of rotatable bonds is 1. The number of halogens is 2. The van der Waals surface area contributed by atoms with Crippen LogP contribution < -0.4 is 0 Å². The van der Waals surface area contributed by atoms with Crippen LogP contribution in [0.25, 0.3) is 5.52 Å². The van der Waals surface area contributed by atoms with Gasteiger partial charge in [-0.05, 0) is 28.1 Å². The molecule has 0 amide bonds. The van der Waals surface area contributed by atoms with Crippen LogP contribution in [0.2, 0.25) is 0 Å². The van der Waals surface area contributed by atoms with Gasteiger partial charge in [-0.15, -0.1) is 0 Å². The van der Waals surface area contributed by atoms with Gasteiger partial charge in [0.2, 0.25) is 0 Å². The molecular weight excluding hydrogens is 253 g/mol. The molecule has 0 spiro atoms. The van der Waals surface area contributed by atoms with Crippen molar-refractivity contribution in [2.75, 3.05) is 0 Å². The van der Waals surface area contributed by atoms with Crippen molar-refractivity contribution in [3.63, 3.8) is 0 Å². The molecule has 0 atom stereocenters. The Kier molecular flexibility index (Phi) is 2.03. The maximum absolute atomic E-state index is 13.2. The first kappa shape index (κ1) is 9.21. The van der Waals surface area contributed by atoms with Gasteiger partial charge in [0.15, 0.2) is 11.5 Å². The van der Waals surface area contributed by atoms with Gasteiger partial charge in [0, 0.05) is 16.7 Å². The molecule has 72 valence electrons. The molecule has 2 aromatic rings. The average Bonchev–Trinajstić information content (AvgIpc) is 2.42. The highest BCUT2D eigenvalue weighted by atomic mass is 79.9. The van der Waals surface area contributed by atoms with Gasteiger partial charge in [0.1, 0.15) is 0 Å². The zero-order valence-electron chi connectivity index (χ0n) is 6.87. The second-order valence-corrected chi connectivity index (χ2v) is 3.61. The molecule has 2 heterocycles. The van der Waals surface area contributed by atoms with E-state index >= 15 is 0 Å². The molecule has 5 heteroatoms. The van der Waals surface area contributed by atoms with Gasteiger partial charge in [-0.25, -0.2) is 9.18 Å². The summed E-state index contributed by atoms with van der Waals surface area (Å²) in [6.07, 6.45) is 1.51. The van der Waals surface area contributed by atoms with Gasteiger partial charge >= 0.3 is 5.97 Å². The Morgan fingerprint density at radius 1 is 1.57 bits per heavy atom. The summed E-state index contributed by atoms with van der Waals surface area (Å²) in [5.74, 6) is -2.01. The molecule has 0 unspecified atom stereocenters. The van der Waals surface area contributed by atoms with Gasteiger partial charge in [-0.3, -0.25) is 0 Å². The fourth-order valence-corrected chi connectivity index (χ4v) is 1.79. The summed E-state index contributed by atoms with van der Waals surface area (Å²) in [5, 5.41) is 8.77. The van der Waals surface area contributed by atoms with E-state index in [-0.39, 0.29) is 5.69 Å². The molecule has 0 aliphatic carbocycles. The van der Waals surface area contributed by atoms with Crippen LogP contribution >= 0.6 is 15.9 Å². The lowest BCUT2D eigenvalue weighted by Crippen LogP contribution is -2.03. The molecule has 2 aromatic heterocycles. The molecular formula is C9H5BrFNO2. The van der Waals surface area contributed by atoms with Crippen LogP contribution in [0.1, 0.15) is 10.5 Å². The fourth-order valence-electron chi connectivity index (χ4n) is 1.34. The standard InChI is InChI=1S/C9H5BrFNO2/c10-5-2-1-3-12-7(5)4-6(11)8(12)9(13)14/h1-4H,(H,13,14). The van der Waals surface area contributed by atoms with Crippen molar-refractivity contribution in [3.05, 3.63) is 40.4 Å². The van der Waals surface area contributed by atoms with Crippen LogP contribution in [0.4, 0.5) is 4.39 Å². The molecule has 0 bridgehead atoms. The largest absolute Gasteiger partial charge is 0.476 e. The minimum Gasteiger partial charge on any atom is -0.476 e. The lowest BCUT2D eigenvalue weighted by molar-refractivity contribution is 0.0684. The molecule has 14 heavy (non-hydrogen) atoms. The molecule has 1 N–H and O–H groups in total. The van der Waals surface area contributed by atoms with Crippen LogP contribution in [0.5, 0.6) is 0 Å². The fraction of sp³-hybridized carbons (Fsp3) is 0. The molecule has 0 saturated heterocycles. The van der Waals surface area contributed by atoms with Gasteiger partial charge < -0.3 is 9.51 Å². The van der Waals surface area contributed by atoms with E-state index in [1.165, 1.54) is 16.7 Å². The topological polar surface area (TPSA) is 41.7 Å². The van der Waals surface area contributed by atoms with Crippen molar-refractivity contribution in [3.8, 4) is 0 Å². The zero-order valence-corrected chi connectivity index (χ0v) is 8.45. The van der Waals surface area contributed by atoms with Gasteiger partial charge in [0.05, 0.1) is 5.52 Å². The van der Waals surface area contributed by atoms with E-state index in [2.05, 4.69) is 15.9 Å². The highest BCUT2D eigenvalue weighted by Gasteiger charge is 2.17. The first-order chi connectivity index (χ1) is 6.61. The van der Waals surface area contributed by atoms with Crippen LogP contribution in [0, 0.1) is 5.82 Å². The summed E-state index contributed by atoms with van der Waals surface area (Å²) in [4.78, 5) is 10.7. The predicted octanol–water partition coefficient (Wildman–Crippen LogP) is 2.54. The normalized spacial score (nSPS) is 10.7. The number of carboxylic acids is 1. The SMILES string of the molecule is O=C(O)c1c(F)cc2c(Br)cccn12. The van der Waals surface area contributed by atoms with Crippen LogP contribution in [-0.2, 0) is 0 Å². The molecule has 0 radical (unpaired) electrons. The molecule has 0 fully saturated rings. The number of pyridine rings is 1. The lowest BCUT2D eigenvalue weighted by atomic mass is 10.4. The number of hydrogen-bond donors (Lipinski definition) is 1. The quantitative estimate of drug-likeness (QED) is 0.853. The van der Waals surface area contributed by atoms with Crippen molar-refractivity contribution in [2.24, 2.45) is 0 Å². The number of carbonyl (C=O) groups is 1. The van der Waals surface area contributed by atoms with E-state index in [9.17, 15) is 9.18 Å². The first-order valence-electron chi connectivity index (χ1n) is 3.79. The minimum atomic E-state index is -1.28. The number of fused-ring (bicyclic) bond motifs is 1. The number of hydrogen-bond acceptors (Lipinski definition) is 1. The number of aromatic nitrogens is 1. The third-order valence-electron chi connectivity index (χ3n) is 1.92. The van der Waals surface area contributed by atoms with Crippen molar-refractivity contribution in [1.29, 1.82) is 0 Å². The summed E-state index contributed by atoms with van der Waals surface area (Å²) < 4.78 is 15.2. The molecule has 0 aliphatic rings.